The van der Waals surface area contributed by atoms with Crippen LogP contribution >= 0.6 is 0 Å². The highest BCUT2D eigenvalue weighted by atomic mass is 14.3. The summed E-state index contributed by atoms with van der Waals surface area (Å²) in [5, 5.41) is 0. The van der Waals surface area contributed by atoms with Crippen molar-refractivity contribution in [3.8, 4) is 11.1 Å². The summed E-state index contributed by atoms with van der Waals surface area (Å²) in [6.07, 6.45) is 14.9. The summed E-state index contributed by atoms with van der Waals surface area (Å²) in [5.74, 6) is 1.46. The molecule has 1 fully saturated rings. The summed E-state index contributed by atoms with van der Waals surface area (Å²) >= 11 is 0. The topological polar surface area (TPSA) is 0 Å². The molecule has 31 heavy (non-hydrogen) atoms. The number of rotatable bonds is 2. The van der Waals surface area contributed by atoms with E-state index in [1.165, 1.54) is 80.9 Å². The van der Waals surface area contributed by atoms with E-state index in [2.05, 4.69) is 72.8 Å². The molecule has 3 aromatic carbocycles. The van der Waals surface area contributed by atoms with Crippen LogP contribution in [-0.4, -0.2) is 0 Å². The van der Waals surface area contributed by atoms with Crippen molar-refractivity contribution in [2.45, 2.75) is 82.5 Å². The van der Waals surface area contributed by atoms with Crippen LogP contribution in [0.25, 0.3) is 11.1 Å². The first-order valence-corrected chi connectivity index (χ1v) is 12.6. The van der Waals surface area contributed by atoms with Gasteiger partial charge in [-0.25, -0.2) is 0 Å². The quantitative estimate of drug-likeness (QED) is 0.310. The van der Waals surface area contributed by atoms with Crippen molar-refractivity contribution in [1.29, 1.82) is 0 Å². The smallest absolute Gasteiger partial charge is 0.00106 e. The van der Waals surface area contributed by atoms with Crippen molar-refractivity contribution in [1.82, 2.24) is 0 Å². The summed E-state index contributed by atoms with van der Waals surface area (Å²) in [5.41, 5.74) is 9.33. The largest absolute Gasteiger partial charge is 0.0622 e. The maximum Gasteiger partial charge on any atom is -0.00106 e. The highest BCUT2D eigenvalue weighted by molar-refractivity contribution is 5.78. The van der Waals surface area contributed by atoms with E-state index in [1.54, 1.807) is 16.7 Å². The molecule has 2 aliphatic carbocycles. The second-order valence-corrected chi connectivity index (χ2v) is 9.79. The predicted octanol–water partition coefficient (Wildman–Crippen LogP) is 9.04. The minimum atomic E-state index is 0.722. The van der Waals surface area contributed by atoms with Gasteiger partial charge in [-0.1, -0.05) is 111 Å². The van der Waals surface area contributed by atoms with E-state index < -0.39 is 0 Å². The molecule has 0 spiro atoms. The molecule has 0 radical (unpaired) electrons. The molecule has 3 aromatic rings. The lowest BCUT2D eigenvalue weighted by Crippen LogP contribution is -2.06. The third kappa shape index (κ3) is 4.64. The van der Waals surface area contributed by atoms with Gasteiger partial charge >= 0.3 is 0 Å². The van der Waals surface area contributed by atoms with Crippen LogP contribution in [0, 0.1) is 0 Å². The molecule has 1 saturated carbocycles. The van der Waals surface area contributed by atoms with Crippen molar-refractivity contribution in [3.63, 3.8) is 0 Å². The molecule has 2 atom stereocenters. The lowest BCUT2D eigenvalue weighted by molar-refractivity contribution is 0.440. The molecule has 0 amide bonds. The van der Waals surface area contributed by atoms with Gasteiger partial charge in [0.2, 0.25) is 0 Å². The van der Waals surface area contributed by atoms with E-state index >= 15 is 0 Å². The molecule has 0 aliphatic heterocycles. The summed E-state index contributed by atoms with van der Waals surface area (Å²) in [6, 6.07) is 27.5. The van der Waals surface area contributed by atoms with E-state index in [1.807, 2.05) is 0 Å². The number of hydrogen-bond acceptors (Lipinski definition) is 0. The molecule has 0 saturated heterocycles. The first-order valence-electron chi connectivity index (χ1n) is 12.6. The molecular weight excluding hydrogens is 372 g/mol. The lowest BCUT2D eigenvalue weighted by Gasteiger charge is -2.24. The molecule has 160 valence electrons. The van der Waals surface area contributed by atoms with Crippen LogP contribution in [0.2, 0.25) is 0 Å². The number of hydrogen-bond donors (Lipinski definition) is 0. The van der Waals surface area contributed by atoms with Gasteiger partial charge in [0.15, 0.2) is 0 Å². The van der Waals surface area contributed by atoms with Crippen molar-refractivity contribution in [2.75, 3.05) is 0 Å². The normalized spacial score (nSPS) is 22.1. The maximum atomic E-state index is 2.45. The Labute approximate surface area is 188 Å². The molecular formula is C31H36. The highest BCUT2D eigenvalue weighted by Crippen LogP contribution is 2.43. The first-order chi connectivity index (χ1) is 15.4. The molecule has 0 heteroatoms. The van der Waals surface area contributed by atoms with Crippen molar-refractivity contribution >= 4 is 0 Å². The zero-order chi connectivity index (χ0) is 20.9. The zero-order valence-corrected chi connectivity index (χ0v) is 18.9. The Morgan fingerprint density at radius 1 is 0.484 bits per heavy atom. The van der Waals surface area contributed by atoms with Gasteiger partial charge in [-0.15, -0.1) is 0 Å². The SMILES string of the molecule is c1ccc(C2CCCCCCCC(c3cccc4c3Cc3ccccc3-4)CCC2)cc1. The summed E-state index contributed by atoms with van der Waals surface area (Å²) < 4.78 is 0. The molecule has 0 heterocycles. The number of benzene rings is 3. The molecule has 2 aliphatic rings. The Hall–Kier alpha value is -2.34. The van der Waals surface area contributed by atoms with Crippen molar-refractivity contribution < 1.29 is 0 Å². The third-order valence-electron chi connectivity index (χ3n) is 7.81. The van der Waals surface area contributed by atoms with Gasteiger partial charge < -0.3 is 0 Å². The van der Waals surface area contributed by atoms with Gasteiger partial charge in [0.1, 0.15) is 0 Å². The lowest BCUT2D eigenvalue weighted by atomic mass is 9.81. The Bertz CT molecular complexity index is 984. The van der Waals surface area contributed by atoms with Gasteiger partial charge in [0.25, 0.3) is 0 Å². The van der Waals surface area contributed by atoms with E-state index in [0.29, 0.717) is 0 Å². The Morgan fingerprint density at radius 2 is 1.13 bits per heavy atom. The highest BCUT2D eigenvalue weighted by Gasteiger charge is 2.24. The van der Waals surface area contributed by atoms with Crippen LogP contribution in [0.4, 0.5) is 0 Å². The fraction of sp³-hybridized carbons (Fsp3) is 0.419. The molecule has 5 rings (SSSR count). The molecule has 0 bridgehead atoms. The first kappa shape index (κ1) is 20.6. The van der Waals surface area contributed by atoms with Crippen LogP contribution in [0.3, 0.4) is 0 Å². The third-order valence-corrected chi connectivity index (χ3v) is 7.81. The molecule has 0 aromatic heterocycles. The van der Waals surface area contributed by atoms with E-state index in [-0.39, 0.29) is 0 Å². The van der Waals surface area contributed by atoms with Crippen LogP contribution in [0.15, 0.2) is 72.8 Å². The van der Waals surface area contributed by atoms with Gasteiger partial charge in [0, 0.05) is 0 Å². The van der Waals surface area contributed by atoms with Crippen LogP contribution in [0.5, 0.6) is 0 Å². The standard InChI is InChI=1S/C31H36/c1-2-5-13-25(24-14-7-4-8-15-24)18-11-19-26(16-6-3-1)28-21-12-22-30-29-20-10-9-17-27(29)23-31(28)30/h4,7-10,12,14-15,17,20-22,25-26H,1-3,5-6,11,13,16,18-19,23H2. The average Bonchev–Trinajstić information content (AvgIpc) is 3.19. The second kappa shape index (κ2) is 9.86. The minimum Gasteiger partial charge on any atom is -0.0622 e. The van der Waals surface area contributed by atoms with Gasteiger partial charge in [-0.2, -0.15) is 0 Å². The molecule has 0 N–H and O–H groups in total. The van der Waals surface area contributed by atoms with Crippen LogP contribution in [0.1, 0.15) is 98.3 Å². The van der Waals surface area contributed by atoms with E-state index in [0.717, 1.165) is 18.3 Å². The van der Waals surface area contributed by atoms with Gasteiger partial charge in [0.05, 0.1) is 0 Å². The maximum absolute atomic E-state index is 2.45. The van der Waals surface area contributed by atoms with Crippen LogP contribution < -0.4 is 0 Å². The monoisotopic (exact) mass is 408 g/mol. The number of fused-ring (bicyclic) bond motifs is 3. The minimum absolute atomic E-state index is 0.722. The van der Waals surface area contributed by atoms with E-state index in [9.17, 15) is 0 Å². The van der Waals surface area contributed by atoms with Crippen LogP contribution in [-0.2, 0) is 6.42 Å². The summed E-state index contributed by atoms with van der Waals surface area (Å²) in [7, 11) is 0. The van der Waals surface area contributed by atoms with Crippen molar-refractivity contribution in [2.24, 2.45) is 0 Å². The average molecular weight is 409 g/mol. The fourth-order valence-corrected chi connectivity index (χ4v) is 6.15. The summed E-state index contributed by atoms with van der Waals surface area (Å²) in [6.45, 7) is 0. The summed E-state index contributed by atoms with van der Waals surface area (Å²) in [4.78, 5) is 0. The zero-order valence-electron chi connectivity index (χ0n) is 18.9. The van der Waals surface area contributed by atoms with Gasteiger partial charge in [-0.05, 0) is 77.3 Å². The van der Waals surface area contributed by atoms with Gasteiger partial charge in [-0.3, -0.25) is 0 Å². The second-order valence-electron chi connectivity index (χ2n) is 9.79. The fourth-order valence-electron chi connectivity index (χ4n) is 6.15. The Morgan fingerprint density at radius 3 is 2.00 bits per heavy atom. The van der Waals surface area contributed by atoms with E-state index in [4.69, 9.17) is 0 Å². The Kier molecular flexibility index (Phi) is 6.54. The van der Waals surface area contributed by atoms with Crippen molar-refractivity contribution in [3.05, 3.63) is 95.1 Å². The molecule has 0 nitrogen and oxygen atoms in total. The predicted molar refractivity (Wildman–Crippen MR) is 133 cm³/mol. The molecule has 2 unspecified atom stereocenters. The Balaban J connectivity index is 1.37.